The Morgan fingerprint density at radius 3 is 1.15 bits per heavy atom. The summed E-state index contributed by atoms with van der Waals surface area (Å²) in [5.41, 5.74) is 0. The first kappa shape index (κ1) is 22.3. The van der Waals surface area contributed by atoms with Crippen LogP contribution in [0.25, 0.3) is 0 Å². The minimum Gasteiger partial charge on any atom is -0.276 e. The van der Waals surface area contributed by atoms with Gasteiger partial charge in [0.25, 0.3) is 0 Å². The molecule has 26 heavy (non-hydrogen) atoms. The van der Waals surface area contributed by atoms with Gasteiger partial charge in [-0.2, -0.15) is 0 Å². The van der Waals surface area contributed by atoms with Crippen molar-refractivity contribution in [3.8, 4) is 0 Å². The second-order valence-corrected chi connectivity index (χ2v) is 25.5. The maximum atomic E-state index is 6.85. The highest BCUT2D eigenvalue weighted by atomic mass is 32.4. The lowest BCUT2D eigenvalue weighted by Gasteiger charge is -2.60. The van der Waals surface area contributed by atoms with Gasteiger partial charge in [0, 0.05) is 17.2 Å². The van der Waals surface area contributed by atoms with Crippen LogP contribution in [0.15, 0.2) is 48.6 Å². The molecule has 146 valence electrons. The standard InChI is InChI=1S/C20H37N2PSSi2/c1-20(2,3)23(24,21(25(4,5)6)18-14-10-11-15-18)22(26(7,8)9)19-16-12-13-17-19/h10-19H,1-9H3. The molecular formula is C20H37N2PSSi2. The zero-order valence-corrected chi connectivity index (χ0v) is 21.7. The van der Waals surface area contributed by atoms with Crippen molar-refractivity contribution in [3.63, 3.8) is 0 Å². The van der Waals surface area contributed by atoms with Gasteiger partial charge in [-0.25, -0.2) is 0 Å². The van der Waals surface area contributed by atoms with Gasteiger partial charge in [0.2, 0.25) is 0 Å². The number of nitrogens with zero attached hydrogens (tertiary/aromatic N) is 2. The lowest BCUT2D eigenvalue weighted by molar-refractivity contribution is 0.516. The van der Waals surface area contributed by atoms with Crippen molar-refractivity contribution >= 4 is 34.6 Å². The number of allylic oxidation sites excluding steroid dienone is 4. The smallest absolute Gasteiger partial charge is 0.127 e. The van der Waals surface area contributed by atoms with E-state index in [0.717, 1.165) is 0 Å². The van der Waals surface area contributed by atoms with Crippen LogP contribution in [-0.4, -0.2) is 42.4 Å². The fourth-order valence-corrected chi connectivity index (χ4v) is 22.9. The van der Waals surface area contributed by atoms with Crippen LogP contribution in [0.4, 0.5) is 0 Å². The van der Waals surface area contributed by atoms with E-state index in [2.05, 4.69) is 117 Å². The normalized spacial score (nSPS) is 19.7. The zero-order valence-electron chi connectivity index (χ0n) is 18.0. The molecule has 0 heterocycles. The van der Waals surface area contributed by atoms with Crippen molar-refractivity contribution in [2.45, 2.75) is 77.3 Å². The minimum absolute atomic E-state index is 0.0391. The van der Waals surface area contributed by atoms with Gasteiger partial charge in [-0.3, -0.25) is 8.67 Å². The second kappa shape index (κ2) is 7.42. The van der Waals surface area contributed by atoms with Crippen molar-refractivity contribution in [2.24, 2.45) is 0 Å². The second-order valence-electron chi connectivity index (χ2n) is 10.3. The van der Waals surface area contributed by atoms with Crippen molar-refractivity contribution in [3.05, 3.63) is 48.6 Å². The van der Waals surface area contributed by atoms with Crippen LogP contribution < -0.4 is 0 Å². The molecule has 0 saturated carbocycles. The van der Waals surface area contributed by atoms with Crippen LogP contribution in [0.1, 0.15) is 20.8 Å². The van der Waals surface area contributed by atoms with Crippen LogP contribution in [0.2, 0.25) is 39.3 Å². The molecule has 0 aromatic heterocycles. The Kier molecular flexibility index (Phi) is 6.35. The van der Waals surface area contributed by atoms with E-state index in [4.69, 9.17) is 11.8 Å². The summed E-state index contributed by atoms with van der Waals surface area (Å²) in [4.78, 5) is 0. The van der Waals surface area contributed by atoms with E-state index in [1.807, 2.05) is 0 Å². The molecule has 6 heteroatoms. The Bertz CT molecular complexity index is 616. The van der Waals surface area contributed by atoms with Gasteiger partial charge in [-0.05, 0) is 0 Å². The fourth-order valence-electron chi connectivity index (χ4n) is 3.99. The molecule has 0 saturated heterocycles. The summed E-state index contributed by atoms with van der Waals surface area (Å²) in [6, 6.07) is 0.667. The molecule has 0 bridgehead atoms. The summed E-state index contributed by atoms with van der Waals surface area (Å²) in [5, 5.41) is 0.0391. The molecule has 0 fully saturated rings. The molecule has 0 aliphatic heterocycles. The van der Waals surface area contributed by atoms with Crippen LogP contribution >= 0.6 is 6.34 Å². The highest BCUT2D eigenvalue weighted by Gasteiger charge is 2.53. The molecule has 0 unspecified atom stereocenters. The average molecular weight is 425 g/mol. The molecule has 2 aliphatic carbocycles. The summed E-state index contributed by atoms with van der Waals surface area (Å²) in [7, 11) is -3.36. The predicted molar refractivity (Wildman–Crippen MR) is 129 cm³/mol. The minimum atomic E-state index is -2.05. The van der Waals surface area contributed by atoms with E-state index in [0.29, 0.717) is 12.1 Å². The predicted octanol–water partition coefficient (Wildman–Crippen LogP) is 6.36. The van der Waals surface area contributed by atoms with Crippen LogP contribution in [0, 0.1) is 0 Å². The van der Waals surface area contributed by atoms with Crippen LogP contribution in [-0.2, 0) is 11.8 Å². The summed E-state index contributed by atoms with van der Waals surface area (Å²) < 4.78 is 5.63. The molecule has 2 rings (SSSR count). The molecular weight excluding hydrogens is 387 g/mol. The maximum absolute atomic E-state index is 6.85. The van der Waals surface area contributed by atoms with E-state index in [1.165, 1.54) is 0 Å². The van der Waals surface area contributed by atoms with Crippen molar-refractivity contribution in [2.75, 3.05) is 0 Å². The maximum Gasteiger partial charge on any atom is 0.127 e. The van der Waals surface area contributed by atoms with E-state index >= 15 is 0 Å². The third kappa shape index (κ3) is 4.18. The van der Waals surface area contributed by atoms with Crippen LogP contribution in [0.5, 0.6) is 0 Å². The Hall–Kier alpha value is -0.0362. The van der Waals surface area contributed by atoms with Gasteiger partial charge < -0.3 is 0 Å². The lowest BCUT2D eigenvalue weighted by Crippen LogP contribution is -2.60. The Labute approximate surface area is 169 Å². The first-order valence-corrected chi connectivity index (χ1v) is 19.2. The topological polar surface area (TPSA) is 6.48 Å². The Balaban J connectivity index is 2.75. The van der Waals surface area contributed by atoms with Crippen LogP contribution in [0.3, 0.4) is 0 Å². The first-order chi connectivity index (χ1) is 11.7. The molecule has 0 N–H and O–H groups in total. The third-order valence-electron chi connectivity index (χ3n) is 4.85. The van der Waals surface area contributed by atoms with Crippen molar-refractivity contribution in [1.82, 2.24) is 8.67 Å². The highest BCUT2D eigenvalue weighted by Crippen LogP contribution is 2.68. The van der Waals surface area contributed by atoms with E-state index < -0.39 is 22.8 Å². The monoisotopic (exact) mass is 424 g/mol. The third-order valence-corrected chi connectivity index (χ3v) is 20.6. The van der Waals surface area contributed by atoms with Crippen molar-refractivity contribution in [1.29, 1.82) is 0 Å². The largest absolute Gasteiger partial charge is 0.276 e. The van der Waals surface area contributed by atoms with Gasteiger partial charge in [-0.1, -0.05) is 120 Å². The zero-order chi connectivity index (χ0) is 20.0. The Morgan fingerprint density at radius 1 is 0.692 bits per heavy atom. The molecule has 0 radical (unpaired) electrons. The Morgan fingerprint density at radius 2 is 0.962 bits per heavy atom. The van der Waals surface area contributed by atoms with E-state index in [1.54, 1.807) is 0 Å². The SMILES string of the molecule is CC(C)(C)P(=S)(N(C1C=CC=C1)[Si](C)(C)C)N(C1C=CC=C1)[Si](C)(C)C. The van der Waals surface area contributed by atoms with Gasteiger partial charge in [0.15, 0.2) is 0 Å². The molecule has 0 aromatic carbocycles. The number of hydrogen-bond acceptors (Lipinski definition) is 1. The highest BCUT2D eigenvalue weighted by molar-refractivity contribution is 8.14. The molecule has 2 aliphatic rings. The van der Waals surface area contributed by atoms with Gasteiger partial charge in [0.05, 0.1) is 6.34 Å². The van der Waals surface area contributed by atoms with Gasteiger partial charge >= 0.3 is 0 Å². The van der Waals surface area contributed by atoms with E-state index in [9.17, 15) is 0 Å². The molecule has 0 spiro atoms. The molecule has 2 nitrogen and oxygen atoms in total. The fraction of sp³-hybridized carbons (Fsp3) is 0.600. The van der Waals surface area contributed by atoms with Crippen molar-refractivity contribution < 1.29 is 0 Å². The van der Waals surface area contributed by atoms with Gasteiger partial charge in [-0.15, -0.1) is 0 Å². The average Bonchev–Trinajstić information content (AvgIpc) is 3.07. The summed E-state index contributed by atoms with van der Waals surface area (Å²) >= 11 is 6.85. The summed E-state index contributed by atoms with van der Waals surface area (Å²) in [6.07, 6.45) is 16.1. The summed E-state index contributed by atoms with van der Waals surface area (Å²) in [6.45, 7) is 21.9. The molecule has 0 aromatic rings. The quantitative estimate of drug-likeness (QED) is 0.362. The molecule has 0 amide bonds. The first-order valence-electron chi connectivity index (χ1n) is 9.60. The number of rotatable bonds is 6. The molecule has 0 atom stereocenters. The lowest BCUT2D eigenvalue weighted by atomic mass is 10.3. The number of hydrogen-bond donors (Lipinski definition) is 0. The van der Waals surface area contributed by atoms with E-state index in [-0.39, 0.29) is 5.16 Å². The van der Waals surface area contributed by atoms with Gasteiger partial charge in [0.1, 0.15) is 16.5 Å². The summed E-state index contributed by atoms with van der Waals surface area (Å²) in [5.74, 6) is 0.